The first-order valence-electron chi connectivity index (χ1n) is 6.85. The Morgan fingerprint density at radius 3 is 2.30 bits per heavy atom. The van der Waals surface area contributed by atoms with Gasteiger partial charge in [-0.3, -0.25) is 4.79 Å². The third kappa shape index (κ3) is 3.94. The van der Waals surface area contributed by atoms with Gasteiger partial charge in [-0.05, 0) is 42.8 Å². The number of halogens is 1. The molecule has 0 aliphatic carbocycles. The highest BCUT2D eigenvalue weighted by molar-refractivity contribution is 7.89. The molecular formula is C16H17FN2O3S. The van der Waals surface area contributed by atoms with E-state index in [0.717, 1.165) is 5.56 Å². The van der Waals surface area contributed by atoms with Crippen LogP contribution >= 0.6 is 0 Å². The summed E-state index contributed by atoms with van der Waals surface area (Å²) in [6.07, 6.45) is 0. The highest BCUT2D eigenvalue weighted by Gasteiger charge is 2.19. The van der Waals surface area contributed by atoms with Crippen molar-refractivity contribution in [3.05, 3.63) is 65.5 Å². The molecule has 0 heterocycles. The van der Waals surface area contributed by atoms with E-state index in [1.54, 1.807) is 32.2 Å². The monoisotopic (exact) mass is 336 g/mol. The van der Waals surface area contributed by atoms with Gasteiger partial charge in [0.1, 0.15) is 5.82 Å². The number of nitrogens with two attached hydrogens (primary N) is 1. The second-order valence-electron chi connectivity index (χ2n) is 5.22. The quantitative estimate of drug-likeness (QED) is 0.930. The second-order valence-corrected chi connectivity index (χ2v) is 6.78. The van der Waals surface area contributed by atoms with Gasteiger partial charge in [-0.25, -0.2) is 17.9 Å². The molecule has 2 N–H and O–H groups in total. The number of hydrogen-bond donors (Lipinski definition) is 1. The normalized spacial score (nSPS) is 12.7. The molecule has 0 aliphatic heterocycles. The predicted octanol–water partition coefficient (Wildman–Crippen LogP) is 2.31. The van der Waals surface area contributed by atoms with E-state index in [2.05, 4.69) is 0 Å². The van der Waals surface area contributed by atoms with Crippen LogP contribution in [0.25, 0.3) is 0 Å². The average molecular weight is 336 g/mol. The van der Waals surface area contributed by atoms with Crippen LogP contribution in [-0.4, -0.2) is 26.3 Å². The molecule has 1 unspecified atom stereocenters. The van der Waals surface area contributed by atoms with Crippen molar-refractivity contribution >= 4 is 15.9 Å². The SMILES string of the molecule is CC(c1ccc(S(N)(=O)=O)cc1)N(C)C(=O)c1cccc(F)c1. The lowest BCUT2D eigenvalue weighted by Crippen LogP contribution is -2.29. The van der Waals surface area contributed by atoms with Crippen LogP contribution in [0.3, 0.4) is 0 Å². The first kappa shape index (κ1) is 17.1. The highest BCUT2D eigenvalue weighted by atomic mass is 32.2. The van der Waals surface area contributed by atoms with Gasteiger partial charge in [0, 0.05) is 12.6 Å². The molecule has 7 heteroatoms. The van der Waals surface area contributed by atoms with Crippen LogP contribution in [0.15, 0.2) is 53.4 Å². The minimum atomic E-state index is -3.75. The minimum absolute atomic E-state index is 0.00700. The van der Waals surface area contributed by atoms with Gasteiger partial charge in [0.2, 0.25) is 10.0 Å². The number of primary sulfonamides is 1. The van der Waals surface area contributed by atoms with Gasteiger partial charge in [-0.1, -0.05) is 18.2 Å². The minimum Gasteiger partial charge on any atom is -0.335 e. The third-order valence-electron chi connectivity index (χ3n) is 3.66. The maximum Gasteiger partial charge on any atom is 0.254 e. The van der Waals surface area contributed by atoms with E-state index in [1.807, 2.05) is 0 Å². The Kier molecular flexibility index (Phi) is 4.82. The maximum absolute atomic E-state index is 13.2. The molecule has 0 saturated carbocycles. The van der Waals surface area contributed by atoms with E-state index < -0.39 is 15.8 Å². The smallest absolute Gasteiger partial charge is 0.254 e. The number of hydrogen-bond acceptors (Lipinski definition) is 3. The number of carbonyl (C=O) groups is 1. The van der Waals surface area contributed by atoms with Gasteiger partial charge in [0.25, 0.3) is 5.91 Å². The number of carbonyl (C=O) groups excluding carboxylic acids is 1. The Bertz CT molecular complexity index is 819. The fourth-order valence-corrected chi connectivity index (χ4v) is 2.68. The van der Waals surface area contributed by atoms with Crippen molar-refractivity contribution in [1.82, 2.24) is 4.90 Å². The largest absolute Gasteiger partial charge is 0.335 e. The Morgan fingerprint density at radius 2 is 1.78 bits per heavy atom. The molecule has 0 aromatic heterocycles. The molecule has 1 atom stereocenters. The molecule has 0 radical (unpaired) electrons. The summed E-state index contributed by atoms with van der Waals surface area (Å²) < 4.78 is 35.7. The number of sulfonamides is 1. The zero-order chi connectivity index (χ0) is 17.2. The van der Waals surface area contributed by atoms with E-state index >= 15 is 0 Å². The van der Waals surface area contributed by atoms with Crippen LogP contribution < -0.4 is 5.14 Å². The predicted molar refractivity (Wildman–Crippen MR) is 84.7 cm³/mol. The van der Waals surface area contributed by atoms with Crippen LogP contribution in [0.2, 0.25) is 0 Å². The molecule has 1 amide bonds. The zero-order valence-electron chi connectivity index (χ0n) is 12.7. The lowest BCUT2D eigenvalue weighted by Gasteiger charge is -2.25. The van der Waals surface area contributed by atoms with Crippen molar-refractivity contribution < 1.29 is 17.6 Å². The van der Waals surface area contributed by atoms with Crippen molar-refractivity contribution in [2.24, 2.45) is 5.14 Å². The lowest BCUT2D eigenvalue weighted by molar-refractivity contribution is 0.0742. The van der Waals surface area contributed by atoms with Gasteiger partial charge in [-0.15, -0.1) is 0 Å². The first-order chi connectivity index (χ1) is 10.7. The molecule has 2 rings (SSSR count). The van der Waals surface area contributed by atoms with Crippen LogP contribution in [-0.2, 0) is 10.0 Å². The van der Waals surface area contributed by atoms with Gasteiger partial charge in [-0.2, -0.15) is 0 Å². The average Bonchev–Trinajstić information content (AvgIpc) is 2.52. The molecular weight excluding hydrogens is 319 g/mol. The van der Waals surface area contributed by atoms with Crippen molar-refractivity contribution in [2.75, 3.05) is 7.05 Å². The molecule has 23 heavy (non-hydrogen) atoms. The van der Waals surface area contributed by atoms with Crippen LogP contribution in [0.5, 0.6) is 0 Å². The molecule has 0 fully saturated rings. The van der Waals surface area contributed by atoms with E-state index in [-0.39, 0.29) is 22.4 Å². The summed E-state index contributed by atoms with van der Waals surface area (Å²) in [6.45, 7) is 1.79. The van der Waals surface area contributed by atoms with Crippen molar-refractivity contribution in [2.45, 2.75) is 17.9 Å². The second kappa shape index (κ2) is 6.47. The summed E-state index contributed by atoms with van der Waals surface area (Å²) in [5.41, 5.74) is 0.991. The van der Waals surface area contributed by atoms with E-state index in [4.69, 9.17) is 5.14 Å². The molecule has 122 valence electrons. The Labute approximate surface area is 134 Å². The summed E-state index contributed by atoms with van der Waals surface area (Å²) in [6, 6.07) is 11.1. The summed E-state index contributed by atoms with van der Waals surface area (Å²) >= 11 is 0. The molecule has 5 nitrogen and oxygen atoms in total. The number of benzene rings is 2. The Hall–Kier alpha value is -2.25. The first-order valence-corrected chi connectivity index (χ1v) is 8.40. The van der Waals surface area contributed by atoms with E-state index in [1.165, 1.54) is 35.2 Å². The number of rotatable bonds is 4. The number of nitrogens with zero attached hydrogens (tertiary/aromatic N) is 1. The topological polar surface area (TPSA) is 80.5 Å². The third-order valence-corrected chi connectivity index (χ3v) is 4.59. The Balaban J connectivity index is 2.22. The molecule has 0 spiro atoms. The maximum atomic E-state index is 13.2. The number of amides is 1. The van der Waals surface area contributed by atoms with Crippen molar-refractivity contribution in [3.63, 3.8) is 0 Å². The zero-order valence-corrected chi connectivity index (χ0v) is 13.5. The molecule has 2 aromatic rings. The highest BCUT2D eigenvalue weighted by Crippen LogP contribution is 2.22. The van der Waals surface area contributed by atoms with E-state index in [9.17, 15) is 17.6 Å². The van der Waals surface area contributed by atoms with Crippen LogP contribution in [0, 0.1) is 5.82 Å². The molecule has 0 bridgehead atoms. The van der Waals surface area contributed by atoms with Crippen molar-refractivity contribution in [1.29, 1.82) is 0 Å². The standard InChI is InChI=1S/C16H17FN2O3S/c1-11(12-6-8-15(9-7-12)23(18,21)22)19(2)16(20)13-4-3-5-14(17)10-13/h3-11H,1-2H3,(H2,18,21,22). The summed E-state index contributed by atoms with van der Waals surface area (Å²) in [4.78, 5) is 13.8. The van der Waals surface area contributed by atoms with E-state index in [0.29, 0.717) is 0 Å². The fourth-order valence-electron chi connectivity index (χ4n) is 2.16. The molecule has 0 saturated heterocycles. The van der Waals surface area contributed by atoms with Crippen molar-refractivity contribution in [3.8, 4) is 0 Å². The summed E-state index contributed by atoms with van der Waals surface area (Å²) in [5.74, 6) is -0.804. The summed E-state index contributed by atoms with van der Waals surface area (Å²) in [7, 11) is -2.15. The lowest BCUT2D eigenvalue weighted by atomic mass is 10.1. The van der Waals surface area contributed by atoms with Crippen LogP contribution in [0.1, 0.15) is 28.9 Å². The van der Waals surface area contributed by atoms with Crippen LogP contribution in [0.4, 0.5) is 4.39 Å². The Morgan fingerprint density at radius 1 is 1.17 bits per heavy atom. The summed E-state index contributed by atoms with van der Waals surface area (Å²) in [5, 5.41) is 5.05. The molecule has 0 aliphatic rings. The van der Waals surface area contributed by atoms with Gasteiger partial charge in [0.05, 0.1) is 10.9 Å². The molecule has 2 aromatic carbocycles. The van der Waals surface area contributed by atoms with Gasteiger partial charge >= 0.3 is 0 Å². The fraction of sp³-hybridized carbons (Fsp3) is 0.188. The van der Waals surface area contributed by atoms with Gasteiger partial charge in [0.15, 0.2) is 0 Å². The van der Waals surface area contributed by atoms with Gasteiger partial charge < -0.3 is 4.90 Å².